The van der Waals surface area contributed by atoms with E-state index in [9.17, 15) is 0 Å². The van der Waals surface area contributed by atoms with Crippen molar-refractivity contribution in [1.29, 1.82) is 0 Å². The lowest BCUT2D eigenvalue weighted by Crippen LogP contribution is -2.26. The van der Waals surface area contributed by atoms with E-state index in [-0.39, 0.29) is 0 Å². The molecule has 0 radical (unpaired) electrons. The highest BCUT2D eigenvalue weighted by molar-refractivity contribution is 5.31. The average molecular weight is 242 g/mol. The van der Waals surface area contributed by atoms with E-state index >= 15 is 0 Å². The molecule has 0 N–H and O–H groups in total. The molecule has 0 nitrogen and oxygen atoms in total. The van der Waals surface area contributed by atoms with E-state index in [1.165, 1.54) is 56.1 Å². The molecule has 2 fully saturated rings. The zero-order chi connectivity index (χ0) is 12.5. The summed E-state index contributed by atoms with van der Waals surface area (Å²) in [5.74, 6) is 2.96. The van der Waals surface area contributed by atoms with Gasteiger partial charge in [0.05, 0.1) is 0 Å². The second kappa shape index (κ2) is 5.07. The van der Waals surface area contributed by atoms with Crippen LogP contribution >= 0.6 is 0 Å². The molecule has 98 valence electrons. The van der Waals surface area contributed by atoms with Crippen molar-refractivity contribution in [1.82, 2.24) is 0 Å². The smallest absolute Gasteiger partial charge is 0.0159 e. The molecule has 3 rings (SSSR count). The van der Waals surface area contributed by atoms with E-state index < -0.39 is 0 Å². The Balaban J connectivity index is 1.76. The van der Waals surface area contributed by atoms with Crippen molar-refractivity contribution in [3.05, 3.63) is 34.9 Å². The third kappa shape index (κ3) is 2.48. The number of aryl methyl sites for hydroxylation is 2. The summed E-state index contributed by atoms with van der Waals surface area (Å²) in [7, 11) is 0. The van der Waals surface area contributed by atoms with Gasteiger partial charge in [-0.3, -0.25) is 0 Å². The van der Waals surface area contributed by atoms with Gasteiger partial charge in [0.15, 0.2) is 0 Å². The first-order valence-corrected chi connectivity index (χ1v) is 7.80. The molecule has 0 unspecified atom stereocenters. The summed E-state index contributed by atoms with van der Waals surface area (Å²) in [4.78, 5) is 0. The maximum Gasteiger partial charge on any atom is -0.0159 e. The summed E-state index contributed by atoms with van der Waals surface area (Å²) in [5.41, 5.74) is 4.50. The van der Waals surface area contributed by atoms with E-state index in [1.54, 1.807) is 5.56 Å². The molecule has 0 aliphatic heterocycles. The third-order valence-corrected chi connectivity index (χ3v) is 5.26. The number of benzene rings is 1. The molecule has 2 aliphatic rings. The fraction of sp³-hybridized carbons (Fsp3) is 0.667. The minimum absolute atomic E-state index is 0.850. The minimum Gasteiger partial charge on any atom is -0.0564 e. The molecule has 2 aliphatic carbocycles. The van der Waals surface area contributed by atoms with E-state index in [4.69, 9.17) is 0 Å². The van der Waals surface area contributed by atoms with Crippen LogP contribution < -0.4 is 0 Å². The molecule has 0 spiro atoms. The van der Waals surface area contributed by atoms with Gasteiger partial charge in [-0.25, -0.2) is 0 Å². The van der Waals surface area contributed by atoms with Crippen molar-refractivity contribution in [2.24, 2.45) is 11.8 Å². The van der Waals surface area contributed by atoms with E-state index in [1.807, 2.05) is 0 Å². The van der Waals surface area contributed by atoms with Crippen molar-refractivity contribution >= 4 is 0 Å². The van der Waals surface area contributed by atoms with Crippen molar-refractivity contribution in [2.45, 2.75) is 64.7 Å². The van der Waals surface area contributed by atoms with Gasteiger partial charge < -0.3 is 0 Å². The number of fused-ring (bicyclic) bond motifs is 1. The lowest BCUT2D eigenvalue weighted by atomic mass is 9.66. The summed E-state index contributed by atoms with van der Waals surface area (Å²) in [6.45, 7) is 4.48. The molecular weight excluding hydrogens is 216 g/mol. The van der Waals surface area contributed by atoms with E-state index in [2.05, 4.69) is 32.0 Å². The Morgan fingerprint density at radius 3 is 2.17 bits per heavy atom. The molecule has 0 bridgehead atoms. The van der Waals surface area contributed by atoms with E-state index in [0.717, 1.165) is 17.8 Å². The van der Waals surface area contributed by atoms with Gasteiger partial charge in [0.2, 0.25) is 0 Å². The topological polar surface area (TPSA) is 0 Å². The molecule has 0 heteroatoms. The van der Waals surface area contributed by atoms with Crippen LogP contribution in [0, 0.1) is 25.7 Å². The minimum atomic E-state index is 0.850. The van der Waals surface area contributed by atoms with Crippen molar-refractivity contribution in [3.63, 3.8) is 0 Å². The fourth-order valence-electron chi connectivity index (χ4n) is 4.42. The number of hydrogen-bond acceptors (Lipinski definition) is 0. The summed E-state index contributed by atoms with van der Waals surface area (Å²) in [6.07, 6.45) is 10.4. The Labute approximate surface area is 112 Å². The highest BCUT2D eigenvalue weighted by atomic mass is 14.4. The zero-order valence-corrected chi connectivity index (χ0v) is 11.9. The predicted molar refractivity (Wildman–Crippen MR) is 78.0 cm³/mol. The van der Waals surface area contributed by atoms with Crippen LogP contribution in [0.3, 0.4) is 0 Å². The Bertz CT molecular complexity index is 398. The lowest BCUT2D eigenvalue weighted by Gasteiger charge is -2.39. The van der Waals surface area contributed by atoms with Crippen molar-refractivity contribution in [2.75, 3.05) is 0 Å². The first-order valence-electron chi connectivity index (χ1n) is 7.80. The molecule has 3 atom stereocenters. The summed E-state index contributed by atoms with van der Waals surface area (Å²) in [6, 6.07) is 7.16. The highest BCUT2D eigenvalue weighted by Gasteiger charge is 2.32. The lowest BCUT2D eigenvalue weighted by molar-refractivity contribution is 0.155. The van der Waals surface area contributed by atoms with Crippen LogP contribution in [0.15, 0.2) is 18.2 Å². The molecule has 0 heterocycles. The summed E-state index contributed by atoms with van der Waals surface area (Å²) in [5, 5.41) is 0. The van der Waals surface area contributed by atoms with Crippen molar-refractivity contribution < 1.29 is 0 Å². The molecular formula is C18H26. The maximum absolute atomic E-state index is 2.43. The molecule has 1 aromatic rings. The highest BCUT2D eigenvalue weighted by Crippen LogP contribution is 2.46. The molecule has 1 aromatic carbocycles. The predicted octanol–water partition coefficient (Wildman–Crippen LogP) is 5.38. The van der Waals surface area contributed by atoms with E-state index in [0.29, 0.717) is 0 Å². The first-order chi connectivity index (χ1) is 8.72. The second-order valence-corrected chi connectivity index (χ2v) is 6.74. The monoisotopic (exact) mass is 242 g/mol. The van der Waals surface area contributed by atoms with Crippen LogP contribution in [0.25, 0.3) is 0 Å². The SMILES string of the molecule is Cc1cc(C)cc([C@@H]2CC[C@H]3CCCC[C@@H]3C2)c1. The van der Waals surface area contributed by atoms with Crippen LogP contribution in [0.2, 0.25) is 0 Å². The number of rotatable bonds is 1. The maximum atomic E-state index is 2.43. The van der Waals surface area contributed by atoms with Crippen LogP contribution in [0.4, 0.5) is 0 Å². The Hall–Kier alpha value is -0.780. The summed E-state index contributed by atoms with van der Waals surface area (Å²) < 4.78 is 0. The Morgan fingerprint density at radius 2 is 1.44 bits per heavy atom. The molecule has 0 amide bonds. The molecule has 2 saturated carbocycles. The Kier molecular flexibility index (Phi) is 3.46. The average Bonchev–Trinajstić information content (AvgIpc) is 2.37. The second-order valence-electron chi connectivity index (χ2n) is 6.74. The van der Waals surface area contributed by atoms with Crippen molar-refractivity contribution in [3.8, 4) is 0 Å². The Morgan fingerprint density at radius 1 is 0.778 bits per heavy atom. The normalized spacial score (nSPS) is 32.0. The van der Waals surface area contributed by atoms with Gasteiger partial charge >= 0.3 is 0 Å². The molecule has 0 saturated heterocycles. The van der Waals surface area contributed by atoms with Gasteiger partial charge in [0.25, 0.3) is 0 Å². The van der Waals surface area contributed by atoms with Crippen LogP contribution in [-0.2, 0) is 0 Å². The van der Waals surface area contributed by atoms with Gasteiger partial charge in [0, 0.05) is 0 Å². The van der Waals surface area contributed by atoms with Gasteiger partial charge in [-0.2, -0.15) is 0 Å². The molecule has 18 heavy (non-hydrogen) atoms. The van der Waals surface area contributed by atoms with Crippen LogP contribution in [0.1, 0.15) is 67.6 Å². The zero-order valence-electron chi connectivity index (χ0n) is 11.9. The standard InChI is InChI=1S/C18H26/c1-13-9-14(2)11-18(10-13)17-8-7-15-5-3-4-6-16(15)12-17/h9-11,15-17H,3-8,12H2,1-2H3/t15-,16-,17-/m1/s1. The summed E-state index contributed by atoms with van der Waals surface area (Å²) >= 11 is 0. The van der Waals surface area contributed by atoms with Gasteiger partial charge in [-0.05, 0) is 56.4 Å². The van der Waals surface area contributed by atoms with Crippen LogP contribution in [-0.4, -0.2) is 0 Å². The van der Waals surface area contributed by atoms with Crippen LogP contribution in [0.5, 0.6) is 0 Å². The van der Waals surface area contributed by atoms with Gasteiger partial charge in [-0.1, -0.05) is 55.0 Å². The largest absolute Gasteiger partial charge is 0.0564 e. The third-order valence-electron chi connectivity index (χ3n) is 5.26. The fourth-order valence-corrected chi connectivity index (χ4v) is 4.42. The number of hydrogen-bond donors (Lipinski definition) is 0. The quantitative estimate of drug-likeness (QED) is 0.620. The van der Waals surface area contributed by atoms with Gasteiger partial charge in [0.1, 0.15) is 0 Å². The van der Waals surface area contributed by atoms with Gasteiger partial charge in [-0.15, -0.1) is 0 Å². The first kappa shape index (κ1) is 12.3. The molecule has 0 aromatic heterocycles.